The average Bonchev–Trinajstić information content (AvgIpc) is 2.74. The maximum absolute atomic E-state index is 13.0. The molecule has 2 aliphatic rings. The molecule has 0 N–H and O–H groups in total. The third-order valence-electron chi connectivity index (χ3n) is 3.87. The van der Waals surface area contributed by atoms with Crippen LogP contribution in [0.2, 0.25) is 0 Å². The quantitative estimate of drug-likeness (QED) is 0.736. The zero-order chi connectivity index (χ0) is 18.5. The van der Waals surface area contributed by atoms with E-state index in [9.17, 15) is 14.0 Å². The lowest BCUT2D eigenvalue weighted by Crippen LogP contribution is -2.57. The van der Waals surface area contributed by atoms with Crippen LogP contribution in [0.4, 0.5) is 4.39 Å². The summed E-state index contributed by atoms with van der Waals surface area (Å²) in [6.45, 7) is 11.5. The van der Waals surface area contributed by atoms with E-state index >= 15 is 0 Å². The van der Waals surface area contributed by atoms with Crippen LogP contribution in [0.25, 0.3) is 0 Å². The number of ether oxygens (including phenoxy) is 1. The molecule has 1 fully saturated rings. The van der Waals surface area contributed by atoms with Crippen molar-refractivity contribution in [2.75, 3.05) is 20.1 Å². The number of carbonyl (C=O) groups is 2. The molecule has 1 saturated heterocycles. The monoisotopic (exact) mass is 337 g/mol. The number of likely N-dealkylation sites (tertiary alicyclic amines) is 1. The lowest BCUT2D eigenvalue weighted by Gasteiger charge is -2.44. The minimum absolute atomic E-state index is 0.134. The van der Waals surface area contributed by atoms with E-state index in [0.29, 0.717) is 12.0 Å². The number of halogens is 1. The molecule has 0 aromatic heterocycles. The van der Waals surface area contributed by atoms with E-state index in [1.165, 1.54) is 12.1 Å². The fourth-order valence-corrected chi connectivity index (χ4v) is 3.03. The van der Waals surface area contributed by atoms with E-state index in [2.05, 4.69) is 9.64 Å². The number of benzene rings is 1. The SMILES string of the molecule is CC.CC(C)(C)OC=O.CN1CC2(Cc3ccc(F)cc3C2=O)C1. The Balaban J connectivity index is 0.000000274. The van der Waals surface area contributed by atoms with Gasteiger partial charge in [0, 0.05) is 18.7 Å². The first kappa shape index (κ1) is 20.3. The molecule has 0 amide bonds. The highest BCUT2D eigenvalue weighted by molar-refractivity contribution is 6.05. The molecule has 0 atom stereocenters. The zero-order valence-corrected chi connectivity index (χ0v) is 15.5. The molecule has 1 aliphatic carbocycles. The van der Waals surface area contributed by atoms with Crippen LogP contribution in [0.3, 0.4) is 0 Å². The van der Waals surface area contributed by atoms with Gasteiger partial charge in [0.15, 0.2) is 5.78 Å². The summed E-state index contributed by atoms with van der Waals surface area (Å²) in [6.07, 6.45) is 0.784. The van der Waals surface area contributed by atoms with Crippen molar-refractivity contribution < 1.29 is 18.7 Å². The van der Waals surface area contributed by atoms with Gasteiger partial charge in [-0.15, -0.1) is 0 Å². The van der Waals surface area contributed by atoms with Gasteiger partial charge in [0.2, 0.25) is 0 Å². The summed E-state index contributed by atoms with van der Waals surface area (Å²) in [6, 6.07) is 4.56. The third-order valence-corrected chi connectivity index (χ3v) is 3.87. The molecule has 1 spiro atoms. The summed E-state index contributed by atoms with van der Waals surface area (Å²) >= 11 is 0. The molecule has 24 heavy (non-hydrogen) atoms. The Hall–Kier alpha value is -1.75. The van der Waals surface area contributed by atoms with Crippen molar-refractivity contribution in [3.05, 3.63) is 35.1 Å². The van der Waals surface area contributed by atoms with Gasteiger partial charge in [-0.3, -0.25) is 9.59 Å². The first-order chi connectivity index (χ1) is 11.2. The Morgan fingerprint density at radius 2 is 1.83 bits per heavy atom. The summed E-state index contributed by atoms with van der Waals surface area (Å²) < 4.78 is 17.6. The maximum atomic E-state index is 13.0. The predicted octanol–water partition coefficient (Wildman–Crippen LogP) is 3.48. The van der Waals surface area contributed by atoms with Gasteiger partial charge in [0.1, 0.15) is 11.4 Å². The minimum atomic E-state index is -0.318. The Kier molecular flexibility index (Phi) is 6.67. The van der Waals surface area contributed by atoms with Crippen molar-refractivity contribution in [1.29, 1.82) is 0 Å². The van der Waals surface area contributed by atoms with Gasteiger partial charge in [-0.2, -0.15) is 0 Å². The number of Topliss-reactive ketones (excluding diaryl/α,β-unsaturated/α-hetero) is 1. The normalized spacial score (nSPS) is 17.7. The van der Waals surface area contributed by atoms with Crippen molar-refractivity contribution >= 4 is 12.3 Å². The number of hydrogen-bond donors (Lipinski definition) is 0. The molecule has 1 aliphatic heterocycles. The summed E-state index contributed by atoms with van der Waals surface area (Å²) in [5.41, 5.74) is 1.06. The highest BCUT2D eigenvalue weighted by Gasteiger charge is 2.52. The minimum Gasteiger partial charge on any atom is -0.462 e. The highest BCUT2D eigenvalue weighted by atomic mass is 19.1. The van der Waals surface area contributed by atoms with E-state index in [-0.39, 0.29) is 22.6 Å². The smallest absolute Gasteiger partial charge is 0.293 e. The van der Waals surface area contributed by atoms with Crippen LogP contribution in [0, 0.1) is 11.2 Å². The van der Waals surface area contributed by atoms with Gasteiger partial charge >= 0.3 is 0 Å². The third kappa shape index (κ3) is 4.63. The second-order valence-corrected chi connectivity index (χ2v) is 7.09. The number of carbonyl (C=O) groups excluding carboxylic acids is 2. The fourth-order valence-electron chi connectivity index (χ4n) is 3.03. The van der Waals surface area contributed by atoms with Gasteiger partial charge in [0.05, 0.1) is 5.41 Å². The molecule has 0 saturated carbocycles. The van der Waals surface area contributed by atoms with Gasteiger partial charge < -0.3 is 9.64 Å². The number of rotatable bonds is 1. The Bertz CT molecular complexity index is 587. The molecule has 3 rings (SSSR count). The molecule has 0 bridgehead atoms. The average molecular weight is 337 g/mol. The zero-order valence-electron chi connectivity index (χ0n) is 15.5. The predicted molar refractivity (Wildman–Crippen MR) is 92.6 cm³/mol. The molecule has 1 heterocycles. The van der Waals surface area contributed by atoms with Crippen LogP contribution in [-0.2, 0) is 16.0 Å². The van der Waals surface area contributed by atoms with Crippen molar-refractivity contribution in [1.82, 2.24) is 4.90 Å². The molecule has 0 unspecified atom stereocenters. The van der Waals surface area contributed by atoms with Crippen LogP contribution in [0.15, 0.2) is 18.2 Å². The van der Waals surface area contributed by atoms with Gasteiger partial charge in [-0.05, 0) is 51.9 Å². The summed E-state index contributed by atoms with van der Waals surface area (Å²) in [4.78, 5) is 23.8. The first-order valence-corrected chi connectivity index (χ1v) is 8.30. The number of hydrogen-bond acceptors (Lipinski definition) is 4. The molecule has 4 nitrogen and oxygen atoms in total. The van der Waals surface area contributed by atoms with E-state index in [1.807, 2.05) is 41.7 Å². The summed E-state index contributed by atoms with van der Waals surface area (Å²) in [5, 5.41) is 0. The van der Waals surface area contributed by atoms with E-state index < -0.39 is 0 Å². The van der Waals surface area contributed by atoms with Crippen LogP contribution in [-0.4, -0.2) is 42.9 Å². The number of nitrogens with zero attached hydrogens (tertiary/aromatic N) is 1. The van der Waals surface area contributed by atoms with Crippen LogP contribution >= 0.6 is 0 Å². The summed E-state index contributed by atoms with van der Waals surface area (Å²) in [5.74, 6) is -0.179. The lowest BCUT2D eigenvalue weighted by atomic mass is 9.76. The van der Waals surface area contributed by atoms with Gasteiger partial charge in [-0.25, -0.2) is 4.39 Å². The van der Waals surface area contributed by atoms with Crippen LogP contribution in [0.5, 0.6) is 0 Å². The van der Waals surface area contributed by atoms with Crippen molar-refractivity contribution in [3.8, 4) is 0 Å². The van der Waals surface area contributed by atoms with Gasteiger partial charge in [0.25, 0.3) is 6.47 Å². The second kappa shape index (κ2) is 7.88. The van der Waals surface area contributed by atoms with Crippen molar-refractivity contribution in [3.63, 3.8) is 0 Å². The van der Waals surface area contributed by atoms with Crippen molar-refractivity contribution in [2.24, 2.45) is 5.41 Å². The fraction of sp³-hybridized carbons (Fsp3) is 0.579. The molecule has 134 valence electrons. The standard InChI is InChI=1S/C12H12FNO.C5H10O2.C2H6/c1-14-6-12(7-14)5-8-2-3-9(13)4-10(8)11(12)15;1-5(2,3)7-4-6;1-2/h2-4H,5-7H2,1H3;4H,1-3H3;1-2H3. The molecule has 1 aromatic carbocycles. The Morgan fingerprint density at radius 3 is 2.25 bits per heavy atom. The molecule has 0 radical (unpaired) electrons. The molecule has 5 heteroatoms. The summed E-state index contributed by atoms with van der Waals surface area (Å²) in [7, 11) is 2.00. The molecular weight excluding hydrogens is 309 g/mol. The van der Waals surface area contributed by atoms with Crippen molar-refractivity contribution in [2.45, 2.75) is 46.6 Å². The Morgan fingerprint density at radius 1 is 1.25 bits per heavy atom. The topological polar surface area (TPSA) is 46.6 Å². The number of ketones is 1. The van der Waals surface area contributed by atoms with Crippen LogP contribution < -0.4 is 0 Å². The van der Waals surface area contributed by atoms with Gasteiger partial charge in [-0.1, -0.05) is 19.9 Å². The maximum Gasteiger partial charge on any atom is 0.293 e. The van der Waals surface area contributed by atoms with E-state index in [4.69, 9.17) is 0 Å². The van der Waals surface area contributed by atoms with Crippen LogP contribution in [0.1, 0.15) is 50.5 Å². The lowest BCUT2D eigenvalue weighted by molar-refractivity contribution is -0.138. The largest absolute Gasteiger partial charge is 0.462 e. The first-order valence-electron chi connectivity index (χ1n) is 8.30. The second-order valence-electron chi connectivity index (χ2n) is 7.09. The van der Waals surface area contributed by atoms with E-state index in [1.54, 1.807) is 6.07 Å². The molecular formula is C19H28FNO3. The highest BCUT2D eigenvalue weighted by Crippen LogP contribution is 2.43. The van der Waals surface area contributed by atoms with E-state index in [0.717, 1.165) is 25.1 Å². The number of fused-ring (bicyclic) bond motifs is 1. The Labute approximate surface area is 144 Å². The molecule has 1 aromatic rings.